The summed E-state index contributed by atoms with van der Waals surface area (Å²) in [6.45, 7) is 3.78. The Hall–Kier alpha value is -4.57. The summed E-state index contributed by atoms with van der Waals surface area (Å²) in [5, 5.41) is 21.5. The summed E-state index contributed by atoms with van der Waals surface area (Å²) in [7, 11) is 3.50. The van der Waals surface area contributed by atoms with Crippen molar-refractivity contribution in [1.82, 2.24) is 29.5 Å². The molecule has 0 fully saturated rings. The van der Waals surface area contributed by atoms with Crippen molar-refractivity contribution in [1.29, 1.82) is 0 Å². The average Bonchev–Trinajstić information content (AvgIpc) is 3.33. The van der Waals surface area contributed by atoms with Crippen molar-refractivity contribution in [3.05, 3.63) is 87.1 Å². The van der Waals surface area contributed by atoms with Gasteiger partial charge in [0.15, 0.2) is 5.69 Å². The van der Waals surface area contributed by atoms with Crippen molar-refractivity contribution in [2.45, 2.75) is 19.9 Å². The summed E-state index contributed by atoms with van der Waals surface area (Å²) in [5.41, 5.74) is 4.52. The minimum atomic E-state index is -1.20. The Balaban J connectivity index is 1.60. The van der Waals surface area contributed by atoms with E-state index in [4.69, 9.17) is 16.6 Å². The van der Waals surface area contributed by atoms with Crippen LogP contribution < -0.4 is 10.9 Å². The Morgan fingerprint density at radius 2 is 1.76 bits per heavy atom. The van der Waals surface area contributed by atoms with Crippen molar-refractivity contribution in [3.63, 3.8) is 0 Å². The number of aromatic carboxylic acids is 1. The molecule has 0 amide bonds. The van der Waals surface area contributed by atoms with Gasteiger partial charge in [-0.25, -0.2) is 14.8 Å². The van der Waals surface area contributed by atoms with E-state index in [-0.39, 0.29) is 16.4 Å². The van der Waals surface area contributed by atoms with Crippen LogP contribution in [0.5, 0.6) is 0 Å². The number of fused-ring (bicyclic) bond motifs is 1. The zero-order valence-electron chi connectivity index (χ0n) is 21.1. The summed E-state index contributed by atoms with van der Waals surface area (Å²) < 4.78 is 3.17. The second-order valence-electron chi connectivity index (χ2n) is 9.11. The molecule has 38 heavy (non-hydrogen) atoms. The first-order valence-corrected chi connectivity index (χ1v) is 12.1. The Morgan fingerprint density at radius 1 is 1.05 bits per heavy atom. The van der Waals surface area contributed by atoms with Crippen LogP contribution in [-0.4, -0.2) is 40.6 Å². The van der Waals surface area contributed by atoms with Gasteiger partial charge in [-0.3, -0.25) is 14.0 Å². The molecule has 0 saturated carbocycles. The minimum absolute atomic E-state index is 0.0849. The van der Waals surface area contributed by atoms with Gasteiger partial charge >= 0.3 is 5.97 Å². The number of nitrogens with one attached hydrogen (secondary N) is 1. The number of hydrogen-bond donors (Lipinski definition) is 2. The molecule has 2 aromatic carbocycles. The van der Waals surface area contributed by atoms with E-state index in [1.807, 2.05) is 56.4 Å². The van der Waals surface area contributed by atoms with E-state index in [2.05, 4.69) is 20.6 Å². The molecule has 2 N–H and O–H groups in total. The fraction of sp³-hybridized carbons (Fsp3) is 0.185. The molecule has 3 heterocycles. The first-order valence-electron chi connectivity index (χ1n) is 11.8. The molecule has 0 radical (unpaired) electrons. The number of carbonyl (C=O) groups is 1. The van der Waals surface area contributed by atoms with Gasteiger partial charge in [0.1, 0.15) is 16.7 Å². The van der Waals surface area contributed by atoms with Crippen LogP contribution >= 0.6 is 11.6 Å². The lowest BCUT2D eigenvalue weighted by molar-refractivity contribution is 0.0691. The monoisotopic (exact) mass is 529 g/mol. The molecule has 1 atom stereocenters. The Morgan fingerprint density at radius 3 is 2.42 bits per heavy atom. The third-order valence-electron chi connectivity index (χ3n) is 6.30. The molecule has 0 saturated heterocycles. The first kappa shape index (κ1) is 25.1. The van der Waals surface area contributed by atoms with E-state index in [9.17, 15) is 14.7 Å². The fourth-order valence-electron chi connectivity index (χ4n) is 4.44. The average molecular weight is 530 g/mol. The fourth-order valence-corrected chi connectivity index (χ4v) is 4.58. The summed E-state index contributed by atoms with van der Waals surface area (Å²) in [4.78, 5) is 34.1. The van der Waals surface area contributed by atoms with Gasteiger partial charge in [-0.2, -0.15) is 0 Å². The lowest BCUT2D eigenvalue weighted by atomic mass is 10.0. The summed E-state index contributed by atoms with van der Waals surface area (Å²) >= 11 is 5.91. The first-order chi connectivity index (χ1) is 18.1. The van der Waals surface area contributed by atoms with E-state index in [0.717, 1.165) is 27.9 Å². The second kappa shape index (κ2) is 9.71. The van der Waals surface area contributed by atoms with Crippen LogP contribution in [0, 0.1) is 6.92 Å². The smallest absolute Gasteiger partial charge is 0.356 e. The lowest BCUT2D eigenvalue weighted by Crippen LogP contribution is -2.22. The highest BCUT2D eigenvalue weighted by molar-refractivity contribution is 6.29. The number of anilines is 1. The van der Waals surface area contributed by atoms with Crippen molar-refractivity contribution < 1.29 is 9.90 Å². The van der Waals surface area contributed by atoms with Crippen molar-refractivity contribution in [2.24, 2.45) is 14.1 Å². The maximum absolute atomic E-state index is 13.5. The SMILES string of the molecule is Cc1cc([C@@H](C)Nc2ccc(Cl)nc2C(=O)O)c2nc(-c3ccc(-c4cn(C)nn4)cc3)n(C)c(=O)c2c1. The number of nitrogens with zero attached hydrogens (tertiary/aromatic N) is 6. The van der Waals surface area contributed by atoms with Crippen LogP contribution in [-0.2, 0) is 14.1 Å². The predicted octanol–water partition coefficient (Wildman–Crippen LogP) is 4.62. The summed E-state index contributed by atoms with van der Waals surface area (Å²) in [6, 6.07) is 14.1. The molecule has 0 aliphatic heterocycles. The molecule has 0 aliphatic carbocycles. The predicted molar refractivity (Wildman–Crippen MR) is 145 cm³/mol. The van der Waals surface area contributed by atoms with Gasteiger partial charge in [-0.15, -0.1) is 5.10 Å². The maximum Gasteiger partial charge on any atom is 0.356 e. The van der Waals surface area contributed by atoms with Crippen LogP contribution in [0.4, 0.5) is 5.69 Å². The molecule has 0 spiro atoms. The van der Waals surface area contributed by atoms with Crippen LogP contribution in [0.25, 0.3) is 33.5 Å². The van der Waals surface area contributed by atoms with E-state index < -0.39 is 12.0 Å². The second-order valence-corrected chi connectivity index (χ2v) is 9.49. The number of carboxylic acid groups (broad SMARTS) is 1. The summed E-state index contributed by atoms with van der Waals surface area (Å²) in [6.07, 6.45) is 1.83. The van der Waals surface area contributed by atoms with Gasteiger partial charge in [0.25, 0.3) is 5.56 Å². The van der Waals surface area contributed by atoms with Gasteiger partial charge in [0.2, 0.25) is 0 Å². The standard InChI is InChI=1S/C27H24ClN7O3/c1-14-11-18(15(2)29-20-9-10-22(28)30-24(20)27(37)38)23-19(12-14)26(36)35(4)25(31-23)17-7-5-16(6-8-17)21-13-34(3)33-32-21/h5-13,15,29H,1-4H3,(H,37,38)/t15-/m1/s1. The van der Waals surface area contributed by atoms with Gasteiger partial charge in [0.05, 0.1) is 28.8 Å². The number of aromatic nitrogens is 6. The number of benzene rings is 2. The highest BCUT2D eigenvalue weighted by Crippen LogP contribution is 2.30. The van der Waals surface area contributed by atoms with Crippen LogP contribution in [0.15, 0.2) is 59.5 Å². The number of halogens is 1. The molecule has 5 aromatic rings. The zero-order chi connectivity index (χ0) is 27.1. The molecular weight excluding hydrogens is 506 g/mol. The largest absolute Gasteiger partial charge is 0.476 e. The Kier molecular flexibility index (Phi) is 6.41. The maximum atomic E-state index is 13.5. The molecule has 5 rings (SSSR count). The van der Waals surface area contributed by atoms with Crippen molar-refractivity contribution >= 4 is 34.2 Å². The molecule has 0 aliphatic rings. The molecule has 11 heteroatoms. The number of rotatable bonds is 6. The van der Waals surface area contributed by atoms with E-state index >= 15 is 0 Å². The molecule has 3 aromatic heterocycles. The third kappa shape index (κ3) is 4.61. The van der Waals surface area contributed by atoms with Gasteiger partial charge < -0.3 is 10.4 Å². The third-order valence-corrected chi connectivity index (χ3v) is 6.51. The summed E-state index contributed by atoms with van der Waals surface area (Å²) in [5.74, 6) is -0.694. The van der Waals surface area contributed by atoms with Gasteiger partial charge in [0, 0.05) is 30.8 Å². The molecule has 192 valence electrons. The van der Waals surface area contributed by atoms with Crippen LogP contribution in [0.3, 0.4) is 0 Å². The van der Waals surface area contributed by atoms with Gasteiger partial charge in [-0.1, -0.05) is 47.1 Å². The Bertz CT molecular complexity index is 1760. The molecule has 0 bridgehead atoms. The molecular formula is C27H24ClN7O3. The normalized spacial score (nSPS) is 12.0. The number of aryl methyl sites for hydroxylation is 2. The quantitative estimate of drug-likeness (QED) is 0.305. The highest BCUT2D eigenvalue weighted by Gasteiger charge is 2.20. The van der Waals surface area contributed by atoms with Crippen LogP contribution in [0.1, 0.15) is 34.6 Å². The van der Waals surface area contributed by atoms with E-state index in [1.54, 1.807) is 24.8 Å². The Labute approximate surface area is 222 Å². The zero-order valence-corrected chi connectivity index (χ0v) is 21.9. The number of pyridine rings is 1. The van der Waals surface area contributed by atoms with Crippen LogP contribution in [0.2, 0.25) is 5.15 Å². The molecule has 0 unspecified atom stereocenters. The van der Waals surface area contributed by atoms with Gasteiger partial charge in [-0.05, 0) is 37.6 Å². The molecule has 10 nitrogen and oxygen atoms in total. The van der Waals surface area contributed by atoms with Crippen molar-refractivity contribution in [2.75, 3.05) is 5.32 Å². The number of hydrogen-bond acceptors (Lipinski definition) is 7. The highest BCUT2D eigenvalue weighted by atomic mass is 35.5. The van der Waals surface area contributed by atoms with E-state index in [1.165, 1.54) is 10.6 Å². The minimum Gasteiger partial charge on any atom is -0.476 e. The number of carboxylic acids is 1. The van der Waals surface area contributed by atoms with E-state index in [0.29, 0.717) is 22.4 Å². The lowest BCUT2D eigenvalue weighted by Gasteiger charge is -2.20. The topological polar surface area (TPSA) is 128 Å². The van der Waals surface area contributed by atoms with Crippen molar-refractivity contribution in [3.8, 4) is 22.6 Å².